The number of fused-ring (bicyclic) bond motifs is 1. The quantitative estimate of drug-likeness (QED) is 0.797. The summed E-state index contributed by atoms with van der Waals surface area (Å²) < 4.78 is 16.6. The van der Waals surface area contributed by atoms with Crippen molar-refractivity contribution in [1.82, 2.24) is 4.98 Å². The minimum Gasteiger partial charge on any atom is -0.496 e. The number of hydrogen-bond donors (Lipinski definition) is 1. The molecule has 0 saturated carbocycles. The van der Waals surface area contributed by atoms with Gasteiger partial charge in [0.2, 0.25) is 5.89 Å². The van der Waals surface area contributed by atoms with Crippen LogP contribution in [-0.2, 0) is 6.54 Å². The summed E-state index contributed by atoms with van der Waals surface area (Å²) in [4.78, 5) is 4.51. The first-order chi connectivity index (χ1) is 10.3. The van der Waals surface area contributed by atoms with E-state index in [4.69, 9.17) is 19.6 Å². The maximum absolute atomic E-state index is 5.85. The molecule has 0 fully saturated rings. The summed E-state index contributed by atoms with van der Waals surface area (Å²) in [5, 5.41) is 0. The number of oxazole rings is 1. The molecule has 5 nitrogen and oxygen atoms in total. The zero-order valence-corrected chi connectivity index (χ0v) is 11.9. The highest BCUT2D eigenvalue weighted by Crippen LogP contribution is 2.38. The standard InChI is InChI=1S/C16H16N2O3/c1-19-12-4-3-5-13(20-2)15(12)16-18-11-7-6-10(9-17)8-14(11)21-16/h3-8H,9,17H2,1-2H3. The average Bonchev–Trinajstić information content (AvgIpc) is 2.96. The second-order valence-electron chi connectivity index (χ2n) is 4.56. The van der Waals surface area contributed by atoms with Crippen molar-refractivity contribution >= 4 is 11.1 Å². The lowest BCUT2D eigenvalue weighted by molar-refractivity contribution is 0.394. The van der Waals surface area contributed by atoms with Gasteiger partial charge in [-0.3, -0.25) is 0 Å². The van der Waals surface area contributed by atoms with Crippen LogP contribution in [0.2, 0.25) is 0 Å². The van der Waals surface area contributed by atoms with E-state index in [2.05, 4.69) is 4.98 Å². The molecule has 0 unspecified atom stereocenters. The Morgan fingerprint density at radius 3 is 2.43 bits per heavy atom. The lowest BCUT2D eigenvalue weighted by Crippen LogP contribution is -1.94. The zero-order valence-electron chi connectivity index (χ0n) is 11.9. The first-order valence-corrected chi connectivity index (χ1v) is 6.57. The Labute approximate surface area is 122 Å². The Kier molecular flexibility index (Phi) is 3.50. The molecule has 0 aliphatic carbocycles. The van der Waals surface area contributed by atoms with Gasteiger partial charge in [-0.25, -0.2) is 4.98 Å². The number of aromatic nitrogens is 1. The van der Waals surface area contributed by atoms with Gasteiger partial charge >= 0.3 is 0 Å². The van der Waals surface area contributed by atoms with E-state index in [0.717, 1.165) is 11.1 Å². The number of rotatable bonds is 4. The fourth-order valence-corrected chi connectivity index (χ4v) is 2.26. The van der Waals surface area contributed by atoms with Crippen LogP contribution in [0, 0.1) is 0 Å². The van der Waals surface area contributed by atoms with Gasteiger partial charge in [0.25, 0.3) is 0 Å². The van der Waals surface area contributed by atoms with Crippen molar-refractivity contribution < 1.29 is 13.9 Å². The van der Waals surface area contributed by atoms with Gasteiger partial charge in [-0.2, -0.15) is 0 Å². The highest BCUT2D eigenvalue weighted by Gasteiger charge is 2.18. The molecular formula is C16H16N2O3. The van der Waals surface area contributed by atoms with Gasteiger partial charge in [-0.15, -0.1) is 0 Å². The molecule has 21 heavy (non-hydrogen) atoms. The molecule has 0 amide bonds. The summed E-state index contributed by atoms with van der Waals surface area (Å²) in [6, 6.07) is 11.3. The predicted molar refractivity (Wildman–Crippen MR) is 80.4 cm³/mol. The van der Waals surface area contributed by atoms with E-state index in [1.54, 1.807) is 14.2 Å². The van der Waals surface area contributed by atoms with Crippen LogP contribution in [0.4, 0.5) is 0 Å². The Morgan fingerprint density at radius 1 is 1.10 bits per heavy atom. The maximum Gasteiger partial charge on any atom is 0.234 e. The highest BCUT2D eigenvalue weighted by atomic mass is 16.5. The summed E-state index contributed by atoms with van der Waals surface area (Å²) in [5.41, 5.74) is 8.82. The molecule has 1 heterocycles. The third-order valence-corrected chi connectivity index (χ3v) is 3.33. The monoisotopic (exact) mass is 284 g/mol. The number of nitrogens with zero attached hydrogens (tertiary/aromatic N) is 1. The van der Waals surface area contributed by atoms with Gasteiger partial charge < -0.3 is 19.6 Å². The second-order valence-corrected chi connectivity index (χ2v) is 4.56. The lowest BCUT2D eigenvalue weighted by Gasteiger charge is -2.09. The van der Waals surface area contributed by atoms with Crippen molar-refractivity contribution in [2.45, 2.75) is 6.54 Å². The van der Waals surface area contributed by atoms with E-state index in [0.29, 0.717) is 35.1 Å². The summed E-state index contributed by atoms with van der Waals surface area (Å²) >= 11 is 0. The summed E-state index contributed by atoms with van der Waals surface area (Å²) in [6.45, 7) is 0.462. The van der Waals surface area contributed by atoms with E-state index in [1.165, 1.54) is 0 Å². The third kappa shape index (κ3) is 2.32. The van der Waals surface area contributed by atoms with Gasteiger partial charge in [-0.1, -0.05) is 12.1 Å². The van der Waals surface area contributed by atoms with Crippen LogP contribution in [0.25, 0.3) is 22.6 Å². The molecule has 2 N–H and O–H groups in total. The van der Waals surface area contributed by atoms with Crippen molar-refractivity contribution in [2.24, 2.45) is 5.73 Å². The molecular weight excluding hydrogens is 268 g/mol. The molecule has 0 saturated heterocycles. The fraction of sp³-hybridized carbons (Fsp3) is 0.188. The number of benzene rings is 2. The average molecular weight is 284 g/mol. The minimum absolute atomic E-state index is 0.462. The van der Waals surface area contributed by atoms with Crippen molar-refractivity contribution in [3.8, 4) is 23.0 Å². The maximum atomic E-state index is 5.85. The molecule has 5 heteroatoms. The smallest absolute Gasteiger partial charge is 0.234 e. The van der Waals surface area contributed by atoms with Crippen LogP contribution >= 0.6 is 0 Å². The summed E-state index contributed by atoms with van der Waals surface area (Å²) in [6.07, 6.45) is 0. The van der Waals surface area contributed by atoms with Gasteiger partial charge in [0.15, 0.2) is 5.58 Å². The SMILES string of the molecule is COc1cccc(OC)c1-c1nc2ccc(CN)cc2o1. The normalized spacial score (nSPS) is 10.8. The summed E-state index contributed by atoms with van der Waals surface area (Å²) in [7, 11) is 3.21. The predicted octanol–water partition coefficient (Wildman–Crippen LogP) is 2.97. The van der Waals surface area contributed by atoms with Crippen molar-refractivity contribution in [3.05, 3.63) is 42.0 Å². The molecule has 0 aliphatic rings. The molecule has 0 spiro atoms. The van der Waals surface area contributed by atoms with E-state index >= 15 is 0 Å². The number of methoxy groups -OCH3 is 2. The van der Waals surface area contributed by atoms with Gasteiger partial charge in [0, 0.05) is 6.54 Å². The van der Waals surface area contributed by atoms with Gasteiger partial charge in [0.1, 0.15) is 22.6 Å². The Balaban J connectivity index is 2.20. The Hall–Kier alpha value is -2.53. The van der Waals surface area contributed by atoms with E-state index in [9.17, 15) is 0 Å². The highest BCUT2D eigenvalue weighted by molar-refractivity contribution is 5.80. The number of hydrogen-bond acceptors (Lipinski definition) is 5. The topological polar surface area (TPSA) is 70.5 Å². The minimum atomic E-state index is 0.462. The van der Waals surface area contributed by atoms with E-state index in [1.807, 2.05) is 36.4 Å². The van der Waals surface area contributed by atoms with E-state index < -0.39 is 0 Å². The molecule has 0 atom stereocenters. The van der Waals surface area contributed by atoms with Crippen LogP contribution in [0.5, 0.6) is 11.5 Å². The molecule has 3 aromatic rings. The van der Waals surface area contributed by atoms with Crippen LogP contribution in [0.15, 0.2) is 40.8 Å². The van der Waals surface area contributed by atoms with Gasteiger partial charge in [0.05, 0.1) is 14.2 Å². The van der Waals surface area contributed by atoms with Crippen LogP contribution < -0.4 is 15.2 Å². The van der Waals surface area contributed by atoms with Crippen molar-refractivity contribution in [1.29, 1.82) is 0 Å². The molecule has 0 radical (unpaired) electrons. The van der Waals surface area contributed by atoms with E-state index in [-0.39, 0.29) is 0 Å². The zero-order chi connectivity index (χ0) is 14.8. The molecule has 2 aromatic carbocycles. The fourth-order valence-electron chi connectivity index (χ4n) is 2.26. The number of ether oxygens (including phenoxy) is 2. The van der Waals surface area contributed by atoms with Crippen molar-refractivity contribution in [2.75, 3.05) is 14.2 Å². The van der Waals surface area contributed by atoms with Crippen LogP contribution in [0.1, 0.15) is 5.56 Å². The third-order valence-electron chi connectivity index (χ3n) is 3.33. The Bertz CT molecular complexity index is 758. The second kappa shape index (κ2) is 5.46. The molecule has 0 bridgehead atoms. The van der Waals surface area contributed by atoms with Crippen molar-refractivity contribution in [3.63, 3.8) is 0 Å². The Morgan fingerprint density at radius 2 is 1.81 bits per heavy atom. The van der Waals surface area contributed by atoms with Gasteiger partial charge in [-0.05, 0) is 29.8 Å². The molecule has 3 rings (SSSR count). The largest absolute Gasteiger partial charge is 0.496 e. The first kappa shape index (κ1) is 13.5. The first-order valence-electron chi connectivity index (χ1n) is 6.57. The van der Waals surface area contributed by atoms with Crippen LogP contribution in [0.3, 0.4) is 0 Å². The van der Waals surface area contributed by atoms with Crippen LogP contribution in [-0.4, -0.2) is 19.2 Å². The summed E-state index contributed by atoms with van der Waals surface area (Å²) in [5.74, 6) is 1.77. The molecule has 0 aliphatic heterocycles. The molecule has 1 aromatic heterocycles. The lowest BCUT2D eigenvalue weighted by atomic mass is 10.1. The molecule has 108 valence electrons. The number of nitrogens with two attached hydrogens (primary N) is 1.